The maximum absolute atomic E-state index is 12.3. The smallest absolute Gasteiger partial charge is 0.224 e. The Morgan fingerprint density at radius 3 is 2.60 bits per heavy atom. The quantitative estimate of drug-likeness (QED) is 0.720. The van der Waals surface area contributed by atoms with E-state index in [9.17, 15) is 4.79 Å². The Morgan fingerprint density at radius 2 is 2.00 bits per heavy atom. The van der Waals surface area contributed by atoms with E-state index in [1.807, 2.05) is 24.1 Å². The van der Waals surface area contributed by atoms with Crippen molar-refractivity contribution in [1.29, 1.82) is 0 Å². The summed E-state index contributed by atoms with van der Waals surface area (Å²) in [4.78, 5) is 14.3. The number of carbonyl (C=O) groups is 1. The molecule has 1 amide bonds. The molecule has 1 fully saturated rings. The van der Waals surface area contributed by atoms with Gasteiger partial charge in [-0.15, -0.1) is 24.8 Å². The summed E-state index contributed by atoms with van der Waals surface area (Å²) < 4.78 is 5.29. The van der Waals surface area contributed by atoms with Crippen molar-refractivity contribution in [3.63, 3.8) is 0 Å². The second-order valence-corrected chi connectivity index (χ2v) is 6.34. The van der Waals surface area contributed by atoms with Gasteiger partial charge in [0.15, 0.2) is 0 Å². The van der Waals surface area contributed by atoms with Crippen molar-refractivity contribution in [2.75, 3.05) is 45.7 Å². The first kappa shape index (κ1) is 24.1. The molecule has 0 aromatic heterocycles. The van der Waals surface area contributed by atoms with Crippen molar-refractivity contribution in [2.45, 2.75) is 19.3 Å². The topological polar surface area (TPSA) is 53.6 Å². The first-order chi connectivity index (χ1) is 11.1. The number of methoxy groups -OCH3 is 1. The van der Waals surface area contributed by atoms with E-state index in [4.69, 9.17) is 16.3 Å². The fraction of sp³-hybridized carbons (Fsp3) is 0.588. The minimum atomic E-state index is 0. The maximum atomic E-state index is 12.3. The summed E-state index contributed by atoms with van der Waals surface area (Å²) in [5, 5.41) is 7.09. The Bertz CT molecular complexity index is 524. The maximum Gasteiger partial charge on any atom is 0.224 e. The van der Waals surface area contributed by atoms with E-state index in [1.54, 1.807) is 13.2 Å². The van der Waals surface area contributed by atoms with Crippen molar-refractivity contribution in [3.05, 3.63) is 23.2 Å². The molecule has 0 saturated carbocycles. The largest absolute Gasteiger partial charge is 0.495 e. The van der Waals surface area contributed by atoms with E-state index >= 15 is 0 Å². The summed E-state index contributed by atoms with van der Waals surface area (Å²) in [7, 11) is 3.60. The Morgan fingerprint density at radius 1 is 1.32 bits per heavy atom. The van der Waals surface area contributed by atoms with Gasteiger partial charge in [0.2, 0.25) is 5.91 Å². The van der Waals surface area contributed by atoms with Crippen LogP contribution in [-0.2, 0) is 4.79 Å². The van der Waals surface area contributed by atoms with Gasteiger partial charge in [-0.05, 0) is 50.6 Å². The van der Waals surface area contributed by atoms with Crippen LogP contribution in [0.25, 0.3) is 0 Å². The monoisotopic (exact) mass is 411 g/mol. The molecule has 0 radical (unpaired) electrons. The molecule has 144 valence electrons. The number of piperidine rings is 1. The number of nitrogens with one attached hydrogen (secondary N) is 2. The standard InChI is InChI=1S/C17H26ClN3O2.2ClH/c1-19-12-13-6-9-21(10-7-13)17(22)5-8-20-15-11-14(18)3-4-16(15)23-2;;/h3-4,11,13,19-20H,5-10,12H2,1-2H3;2*1H. The van der Waals surface area contributed by atoms with Gasteiger partial charge in [-0.2, -0.15) is 0 Å². The summed E-state index contributed by atoms with van der Waals surface area (Å²) in [5.41, 5.74) is 0.820. The number of benzene rings is 1. The van der Waals surface area contributed by atoms with Gasteiger partial charge in [0.1, 0.15) is 5.75 Å². The Labute approximate surface area is 167 Å². The first-order valence-electron chi connectivity index (χ1n) is 8.13. The van der Waals surface area contributed by atoms with Crippen LogP contribution in [0.2, 0.25) is 5.02 Å². The molecule has 0 bridgehead atoms. The normalized spacial score (nSPS) is 14.3. The van der Waals surface area contributed by atoms with Crippen LogP contribution in [0.3, 0.4) is 0 Å². The molecule has 1 aliphatic heterocycles. The SMILES string of the molecule is CNCC1CCN(C(=O)CCNc2cc(Cl)ccc2OC)CC1.Cl.Cl. The third kappa shape index (κ3) is 7.48. The Hall–Kier alpha value is -0.880. The molecule has 0 atom stereocenters. The second-order valence-electron chi connectivity index (χ2n) is 5.90. The number of nitrogens with zero attached hydrogens (tertiary/aromatic N) is 1. The molecule has 1 saturated heterocycles. The van der Waals surface area contributed by atoms with Crippen LogP contribution in [0.5, 0.6) is 5.75 Å². The molecule has 1 aromatic rings. The summed E-state index contributed by atoms with van der Waals surface area (Å²) in [6.45, 7) is 3.35. The number of halogens is 3. The molecule has 2 rings (SSSR count). The fourth-order valence-electron chi connectivity index (χ4n) is 2.96. The lowest BCUT2D eigenvalue weighted by Gasteiger charge is -2.32. The van der Waals surface area contributed by atoms with Crippen LogP contribution in [0.15, 0.2) is 18.2 Å². The zero-order chi connectivity index (χ0) is 16.7. The number of likely N-dealkylation sites (tertiary alicyclic amines) is 1. The van der Waals surface area contributed by atoms with Crippen LogP contribution < -0.4 is 15.4 Å². The highest BCUT2D eigenvalue weighted by atomic mass is 35.5. The number of hydrogen-bond acceptors (Lipinski definition) is 4. The molecular formula is C17H28Cl3N3O2. The van der Waals surface area contributed by atoms with Crippen molar-refractivity contribution < 1.29 is 9.53 Å². The van der Waals surface area contributed by atoms with E-state index in [-0.39, 0.29) is 30.7 Å². The van der Waals surface area contributed by atoms with E-state index in [2.05, 4.69) is 10.6 Å². The van der Waals surface area contributed by atoms with Gasteiger partial charge < -0.3 is 20.3 Å². The number of ether oxygens (including phenoxy) is 1. The lowest BCUT2D eigenvalue weighted by Crippen LogP contribution is -2.40. The molecule has 0 spiro atoms. The highest BCUT2D eigenvalue weighted by Crippen LogP contribution is 2.27. The average Bonchev–Trinajstić information content (AvgIpc) is 2.56. The lowest BCUT2D eigenvalue weighted by molar-refractivity contribution is -0.132. The Kier molecular flexibility index (Phi) is 12.0. The zero-order valence-electron chi connectivity index (χ0n) is 14.7. The number of hydrogen-bond donors (Lipinski definition) is 2. The number of anilines is 1. The fourth-order valence-corrected chi connectivity index (χ4v) is 3.13. The Balaban J connectivity index is 0.00000288. The number of amides is 1. The molecule has 8 heteroatoms. The van der Waals surface area contributed by atoms with Crippen LogP contribution in [-0.4, -0.2) is 51.1 Å². The van der Waals surface area contributed by atoms with E-state index in [1.165, 1.54) is 0 Å². The van der Waals surface area contributed by atoms with Gasteiger partial charge in [0, 0.05) is 31.1 Å². The van der Waals surface area contributed by atoms with Crippen LogP contribution in [0.1, 0.15) is 19.3 Å². The van der Waals surface area contributed by atoms with Gasteiger partial charge >= 0.3 is 0 Å². The summed E-state index contributed by atoms with van der Waals surface area (Å²) in [6, 6.07) is 5.42. The van der Waals surface area contributed by atoms with E-state index in [0.29, 0.717) is 23.9 Å². The molecule has 1 heterocycles. The van der Waals surface area contributed by atoms with Crippen LogP contribution in [0, 0.1) is 5.92 Å². The van der Waals surface area contributed by atoms with Crippen LogP contribution >= 0.6 is 36.4 Å². The highest BCUT2D eigenvalue weighted by molar-refractivity contribution is 6.30. The third-order valence-electron chi connectivity index (χ3n) is 4.28. The van der Waals surface area contributed by atoms with Crippen molar-refractivity contribution in [2.24, 2.45) is 5.92 Å². The predicted molar refractivity (Wildman–Crippen MR) is 109 cm³/mol. The molecule has 1 aromatic carbocycles. The second kappa shape index (κ2) is 12.5. The summed E-state index contributed by atoms with van der Waals surface area (Å²) in [5.74, 6) is 1.63. The minimum Gasteiger partial charge on any atom is -0.495 e. The van der Waals surface area contributed by atoms with Gasteiger partial charge in [-0.1, -0.05) is 11.6 Å². The predicted octanol–water partition coefficient (Wildman–Crippen LogP) is 3.45. The van der Waals surface area contributed by atoms with Gasteiger partial charge in [-0.3, -0.25) is 4.79 Å². The van der Waals surface area contributed by atoms with Gasteiger partial charge in [0.05, 0.1) is 12.8 Å². The van der Waals surface area contributed by atoms with E-state index < -0.39 is 0 Å². The van der Waals surface area contributed by atoms with Crippen LogP contribution in [0.4, 0.5) is 5.69 Å². The zero-order valence-corrected chi connectivity index (χ0v) is 17.1. The molecular weight excluding hydrogens is 385 g/mol. The van der Waals surface area contributed by atoms with Crippen molar-refractivity contribution in [1.82, 2.24) is 10.2 Å². The van der Waals surface area contributed by atoms with Crippen molar-refractivity contribution in [3.8, 4) is 5.75 Å². The molecule has 0 unspecified atom stereocenters. The van der Waals surface area contributed by atoms with Gasteiger partial charge in [0.25, 0.3) is 0 Å². The molecule has 2 N–H and O–H groups in total. The molecule has 25 heavy (non-hydrogen) atoms. The summed E-state index contributed by atoms with van der Waals surface area (Å²) in [6.07, 6.45) is 2.65. The molecule has 0 aliphatic carbocycles. The highest BCUT2D eigenvalue weighted by Gasteiger charge is 2.21. The summed E-state index contributed by atoms with van der Waals surface area (Å²) >= 11 is 6.00. The van der Waals surface area contributed by atoms with Crippen molar-refractivity contribution >= 4 is 48.0 Å². The lowest BCUT2D eigenvalue weighted by atomic mass is 9.96. The number of rotatable bonds is 7. The first-order valence-corrected chi connectivity index (χ1v) is 8.51. The average molecular weight is 413 g/mol. The molecule has 1 aliphatic rings. The third-order valence-corrected chi connectivity index (χ3v) is 4.51. The number of carbonyl (C=O) groups excluding carboxylic acids is 1. The molecule has 5 nitrogen and oxygen atoms in total. The minimum absolute atomic E-state index is 0. The van der Waals surface area contributed by atoms with Gasteiger partial charge in [-0.25, -0.2) is 0 Å². The van der Waals surface area contributed by atoms with E-state index in [0.717, 1.165) is 43.9 Å².